The zero-order valence-corrected chi connectivity index (χ0v) is 17.1. The normalized spacial score (nSPS) is 17.2. The minimum atomic E-state index is -0.912. The van der Waals surface area contributed by atoms with Gasteiger partial charge < -0.3 is 15.7 Å². The van der Waals surface area contributed by atoms with Crippen LogP contribution in [0, 0.1) is 0 Å². The van der Waals surface area contributed by atoms with Crippen molar-refractivity contribution < 1.29 is 5.11 Å². The lowest BCUT2D eigenvalue weighted by atomic mass is 10.1. The zero-order chi connectivity index (χ0) is 15.8. The van der Waals surface area contributed by atoms with Gasteiger partial charge in [-0.3, -0.25) is 0 Å². The van der Waals surface area contributed by atoms with Gasteiger partial charge in [0.05, 0.1) is 6.54 Å². The molecule has 0 fully saturated rings. The maximum atomic E-state index is 10.5. The minimum absolute atomic E-state index is 0. The monoisotopic (exact) mass is 449 g/mol. The first-order valence-corrected chi connectivity index (χ1v) is 8.96. The quantitative estimate of drug-likeness (QED) is 0.258. The molecule has 0 spiro atoms. The third-order valence-electron chi connectivity index (χ3n) is 3.81. The van der Waals surface area contributed by atoms with Gasteiger partial charge in [-0.2, -0.15) is 0 Å². The number of guanidine groups is 1. The summed E-state index contributed by atoms with van der Waals surface area (Å²) in [6, 6.07) is 3.91. The molecular formula is C17H28IN3OS. The van der Waals surface area contributed by atoms with Gasteiger partial charge in [-0.1, -0.05) is 17.7 Å². The summed E-state index contributed by atoms with van der Waals surface area (Å²) in [5.74, 6) is 0.776. The molecule has 1 aliphatic carbocycles. The highest BCUT2D eigenvalue weighted by Crippen LogP contribution is 2.25. The number of nitrogens with one attached hydrogen (secondary N) is 2. The molecule has 23 heavy (non-hydrogen) atoms. The van der Waals surface area contributed by atoms with Crippen LogP contribution >= 0.6 is 35.3 Å². The molecule has 0 saturated carbocycles. The Morgan fingerprint density at radius 2 is 2.26 bits per heavy atom. The van der Waals surface area contributed by atoms with E-state index in [0.717, 1.165) is 30.3 Å². The third kappa shape index (κ3) is 6.81. The van der Waals surface area contributed by atoms with Gasteiger partial charge >= 0.3 is 0 Å². The molecule has 4 nitrogen and oxygen atoms in total. The fourth-order valence-corrected chi connectivity index (χ4v) is 3.32. The van der Waals surface area contributed by atoms with Crippen molar-refractivity contribution in [3.8, 4) is 0 Å². The molecule has 0 amide bonds. The van der Waals surface area contributed by atoms with E-state index in [1.807, 2.05) is 31.4 Å². The summed E-state index contributed by atoms with van der Waals surface area (Å²) in [5, 5.41) is 19.1. The molecule has 1 aromatic heterocycles. The molecule has 130 valence electrons. The van der Waals surface area contributed by atoms with Crippen molar-refractivity contribution in [1.82, 2.24) is 10.6 Å². The van der Waals surface area contributed by atoms with Gasteiger partial charge in [-0.25, -0.2) is 4.99 Å². The Balaban J connectivity index is 0.00000264. The molecule has 0 aliphatic heterocycles. The van der Waals surface area contributed by atoms with Crippen LogP contribution in [0.3, 0.4) is 0 Å². The van der Waals surface area contributed by atoms with Gasteiger partial charge in [0, 0.05) is 18.0 Å². The number of aliphatic hydroxyl groups is 1. The zero-order valence-electron chi connectivity index (χ0n) is 14.0. The Labute approximate surface area is 160 Å². The van der Waals surface area contributed by atoms with E-state index in [0.29, 0.717) is 6.54 Å². The standard InChI is InChI=1S/C17H27N3OS.HI/c1-3-18-16(19-11-10-14-7-4-5-8-14)20-13-17(2,21)15-9-6-12-22-15;/h6-7,9,12,21H,3-5,8,10-11,13H2,1-2H3,(H2,18,19,20);1H. The van der Waals surface area contributed by atoms with Gasteiger partial charge in [-0.15, -0.1) is 35.3 Å². The van der Waals surface area contributed by atoms with Gasteiger partial charge in [0.25, 0.3) is 0 Å². The Morgan fingerprint density at radius 3 is 2.87 bits per heavy atom. The van der Waals surface area contributed by atoms with E-state index in [1.54, 1.807) is 16.9 Å². The molecule has 0 aromatic carbocycles. The lowest BCUT2D eigenvalue weighted by Crippen LogP contribution is -2.39. The largest absolute Gasteiger partial charge is 0.383 e. The van der Waals surface area contributed by atoms with Crippen molar-refractivity contribution in [2.45, 2.75) is 45.1 Å². The number of rotatable bonds is 7. The minimum Gasteiger partial charge on any atom is -0.383 e. The Kier molecular flexibility index (Phi) is 9.16. The maximum Gasteiger partial charge on any atom is 0.191 e. The Morgan fingerprint density at radius 1 is 1.43 bits per heavy atom. The molecule has 2 rings (SSSR count). The lowest BCUT2D eigenvalue weighted by molar-refractivity contribution is 0.0711. The average Bonchev–Trinajstić information content (AvgIpc) is 3.18. The number of thiophene rings is 1. The summed E-state index contributed by atoms with van der Waals surface area (Å²) in [6.45, 7) is 5.92. The second-order valence-electron chi connectivity index (χ2n) is 5.88. The first-order valence-electron chi connectivity index (χ1n) is 8.08. The van der Waals surface area contributed by atoms with E-state index in [9.17, 15) is 5.11 Å². The van der Waals surface area contributed by atoms with E-state index in [4.69, 9.17) is 0 Å². The first-order chi connectivity index (χ1) is 10.6. The molecular weight excluding hydrogens is 421 g/mol. The maximum absolute atomic E-state index is 10.5. The van der Waals surface area contributed by atoms with Crippen molar-refractivity contribution in [2.75, 3.05) is 19.6 Å². The molecule has 1 atom stereocenters. The third-order valence-corrected chi connectivity index (χ3v) is 4.94. The van der Waals surface area contributed by atoms with Gasteiger partial charge in [0.15, 0.2) is 5.96 Å². The van der Waals surface area contributed by atoms with Crippen molar-refractivity contribution >= 4 is 41.3 Å². The summed E-state index contributed by atoms with van der Waals surface area (Å²) < 4.78 is 0. The van der Waals surface area contributed by atoms with Crippen LogP contribution in [0.2, 0.25) is 0 Å². The van der Waals surface area contributed by atoms with Gasteiger partial charge in [0.1, 0.15) is 5.60 Å². The second kappa shape index (κ2) is 10.3. The van der Waals surface area contributed by atoms with Crippen molar-refractivity contribution in [1.29, 1.82) is 0 Å². The van der Waals surface area contributed by atoms with Crippen LogP contribution in [-0.4, -0.2) is 30.7 Å². The summed E-state index contributed by atoms with van der Waals surface area (Å²) in [4.78, 5) is 5.48. The molecule has 6 heteroatoms. The molecule has 0 saturated heterocycles. The highest BCUT2D eigenvalue weighted by Gasteiger charge is 2.23. The smallest absolute Gasteiger partial charge is 0.191 e. The van der Waals surface area contributed by atoms with E-state index in [2.05, 4.69) is 21.7 Å². The number of halogens is 1. The van der Waals surface area contributed by atoms with Crippen LogP contribution in [0.4, 0.5) is 0 Å². The number of nitrogens with zero attached hydrogens (tertiary/aromatic N) is 1. The topological polar surface area (TPSA) is 56.7 Å². The van der Waals surface area contributed by atoms with Crippen LogP contribution in [0.25, 0.3) is 0 Å². The fourth-order valence-electron chi connectivity index (χ4n) is 2.54. The number of aliphatic imine (C=N–C) groups is 1. The molecule has 1 aliphatic rings. The van der Waals surface area contributed by atoms with Crippen LogP contribution in [0.15, 0.2) is 34.2 Å². The molecule has 0 radical (unpaired) electrons. The Bertz CT molecular complexity index is 512. The summed E-state index contributed by atoms with van der Waals surface area (Å²) in [6.07, 6.45) is 7.20. The summed E-state index contributed by atoms with van der Waals surface area (Å²) >= 11 is 1.56. The molecule has 3 N–H and O–H groups in total. The van der Waals surface area contributed by atoms with Gasteiger partial charge in [-0.05, 0) is 51.0 Å². The van der Waals surface area contributed by atoms with Crippen molar-refractivity contribution in [3.05, 3.63) is 34.0 Å². The predicted molar refractivity (Wildman–Crippen MR) is 110 cm³/mol. The van der Waals surface area contributed by atoms with E-state index >= 15 is 0 Å². The van der Waals surface area contributed by atoms with Crippen molar-refractivity contribution in [2.24, 2.45) is 4.99 Å². The summed E-state index contributed by atoms with van der Waals surface area (Å²) in [5.41, 5.74) is 0.638. The lowest BCUT2D eigenvalue weighted by Gasteiger charge is -2.20. The van der Waals surface area contributed by atoms with Crippen LogP contribution in [-0.2, 0) is 5.60 Å². The number of allylic oxidation sites excluding steroid dienone is 1. The van der Waals surface area contributed by atoms with E-state index < -0.39 is 5.60 Å². The summed E-state index contributed by atoms with van der Waals surface area (Å²) in [7, 11) is 0. The Hall–Kier alpha value is -0.600. The van der Waals surface area contributed by atoms with Gasteiger partial charge in [0.2, 0.25) is 0 Å². The van der Waals surface area contributed by atoms with E-state index in [1.165, 1.54) is 19.3 Å². The first kappa shape index (κ1) is 20.4. The molecule has 1 aromatic rings. The molecule has 1 heterocycles. The highest BCUT2D eigenvalue weighted by molar-refractivity contribution is 14.0. The van der Waals surface area contributed by atoms with E-state index in [-0.39, 0.29) is 24.0 Å². The van der Waals surface area contributed by atoms with Crippen LogP contribution < -0.4 is 10.6 Å². The number of hydrogen-bond donors (Lipinski definition) is 3. The fraction of sp³-hybridized carbons (Fsp3) is 0.588. The highest BCUT2D eigenvalue weighted by atomic mass is 127. The number of hydrogen-bond acceptors (Lipinski definition) is 3. The second-order valence-corrected chi connectivity index (χ2v) is 6.83. The molecule has 1 unspecified atom stereocenters. The predicted octanol–water partition coefficient (Wildman–Crippen LogP) is 3.63. The van der Waals surface area contributed by atoms with Crippen LogP contribution in [0.5, 0.6) is 0 Å². The SMILES string of the molecule is CCNC(=NCC(C)(O)c1cccs1)NCCC1=CCCC1.I. The molecule has 0 bridgehead atoms. The van der Waals surface area contributed by atoms with Crippen molar-refractivity contribution in [3.63, 3.8) is 0 Å². The average molecular weight is 449 g/mol. The van der Waals surface area contributed by atoms with Crippen LogP contribution in [0.1, 0.15) is 44.4 Å².